The van der Waals surface area contributed by atoms with Gasteiger partial charge in [0, 0.05) is 0 Å². The lowest BCUT2D eigenvalue weighted by atomic mass is 9.77. The van der Waals surface area contributed by atoms with Crippen molar-refractivity contribution in [2.24, 2.45) is 5.73 Å². The van der Waals surface area contributed by atoms with Gasteiger partial charge in [0.1, 0.15) is 5.82 Å². The zero-order chi connectivity index (χ0) is 17.6. The van der Waals surface area contributed by atoms with Crippen LogP contribution in [0.2, 0.25) is 0 Å². The Morgan fingerprint density at radius 3 is 2.64 bits per heavy atom. The first-order valence-corrected chi connectivity index (χ1v) is 8.64. The second-order valence-corrected chi connectivity index (χ2v) is 7.04. The SMILES string of the molecule is Cc1nc(-c2nc(C3(N)CCC3)no2)nn1-c1ccccc1C(C)C. The van der Waals surface area contributed by atoms with Crippen molar-refractivity contribution in [1.29, 1.82) is 0 Å². The number of hydrogen-bond acceptors (Lipinski definition) is 6. The number of rotatable bonds is 4. The maximum Gasteiger partial charge on any atom is 0.297 e. The molecule has 25 heavy (non-hydrogen) atoms. The van der Waals surface area contributed by atoms with Crippen LogP contribution in [0.15, 0.2) is 28.8 Å². The van der Waals surface area contributed by atoms with Crippen LogP contribution < -0.4 is 5.73 Å². The van der Waals surface area contributed by atoms with Crippen molar-refractivity contribution in [2.45, 2.75) is 51.5 Å². The molecule has 7 heteroatoms. The highest BCUT2D eigenvalue weighted by atomic mass is 16.5. The van der Waals surface area contributed by atoms with Crippen LogP contribution in [0, 0.1) is 6.92 Å². The second-order valence-electron chi connectivity index (χ2n) is 7.04. The van der Waals surface area contributed by atoms with Gasteiger partial charge in [-0.15, -0.1) is 5.10 Å². The lowest BCUT2D eigenvalue weighted by molar-refractivity contribution is 0.229. The molecule has 0 bridgehead atoms. The number of aryl methyl sites for hydroxylation is 1. The van der Waals surface area contributed by atoms with Crippen molar-refractivity contribution in [3.63, 3.8) is 0 Å². The molecule has 7 nitrogen and oxygen atoms in total. The molecule has 0 amide bonds. The fraction of sp³-hybridized carbons (Fsp3) is 0.444. The predicted octanol–water partition coefficient (Wildman–Crippen LogP) is 3.09. The summed E-state index contributed by atoms with van der Waals surface area (Å²) >= 11 is 0. The number of hydrogen-bond donors (Lipinski definition) is 1. The van der Waals surface area contributed by atoms with Gasteiger partial charge >= 0.3 is 0 Å². The van der Waals surface area contributed by atoms with E-state index in [0.29, 0.717) is 23.5 Å². The van der Waals surface area contributed by atoms with E-state index in [1.807, 2.05) is 29.8 Å². The molecule has 0 spiro atoms. The third kappa shape index (κ3) is 2.64. The standard InChI is InChI=1S/C18H22N6O/c1-11(2)13-7-4-5-8-14(13)24-12(3)20-15(22-24)16-21-17(23-25-16)18(19)9-6-10-18/h4-5,7-8,11H,6,9-10,19H2,1-3H3. The van der Waals surface area contributed by atoms with Crippen LogP contribution in [0.3, 0.4) is 0 Å². The maximum absolute atomic E-state index is 6.26. The Kier molecular flexibility index (Phi) is 3.68. The number of aromatic nitrogens is 5. The average molecular weight is 338 g/mol. The summed E-state index contributed by atoms with van der Waals surface area (Å²) < 4.78 is 7.20. The summed E-state index contributed by atoms with van der Waals surface area (Å²) in [6, 6.07) is 8.20. The van der Waals surface area contributed by atoms with Gasteiger partial charge in [0.05, 0.1) is 11.2 Å². The molecule has 0 saturated heterocycles. The second kappa shape index (κ2) is 5.77. The Hall–Kier alpha value is -2.54. The largest absolute Gasteiger partial charge is 0.330 e. The maximum atomic E-state index is 6.26. The van der Waals surface area contributed by atoms with E-state index in [9.17, 15) is 0 Å². The zero-order valence-corrected chi connectivity index (χ0v) is 14.7. The first-order chi connectivity index (χ1) is 12.0. The summed E-state index contributed by atoms with van der Waals surface area (Å²) in [6.45, 7) is 6.24. The monoisotopic (exact) mass is 338 g/mol. The highest BCUT2D eigenvalue weighted by molar-refractivity contribution is 5.46. The minimum atomic E-state index is -0.455. The molecule has 4 rings (SSSR count). The fourth-order valence-corrected chi connectivity index (χ4v) is 3.18. The summed E-state index contributed by atoms with van der Waals surface area (Å²) in [4.78, 5) is 8.95. The molecule has 2 N–H and O–H groups in total. The molecule has 0 aliphatic heterocycles. The quantitative estimate of drug-likeness (QED) is 0.785. The Labute approximate surface area is 146 Å². The Bertz CT molecular complexity index is 906. The van der Waals surface area contributed by atoms with Crippen molar-refractivity contribution in [2.75, 3.05) is 0 Å². The topological polar surface area (TPSA) is 95.7 Å². The van der Waals surface area contributed by atoms with Crippen molar-refractivity contribution in [3.05, 3.63) is 41.5 Å². The predicted molar refractivity (Wildman–Crippen MR) is 93.2 cm³/mol. The van der Waals surface area contributed by atoms with Gasteiger partial charge in [-0.3, -0.25) is 0 Å². The summed E-state index contributed by atoms with van der Waals surface area (Å²) in [5.41, 5.74) is 8.04. The molecule has 0 unspecified atom stereocenters. The first kappa shape index (κ1) is 16.0. The van der Waals surface area contributed by atoms with Crippen molar-refractivity contribution in [3.8, 4) is 17.4 Å². The Morgan fingerprint density at radius 2 is 1.96 bits per heavy atom. The molecular formula is C18H22N6O. The number of para-hydroxylation sites is 1. The summed E-state index contributed by atoms with van der Waals surface area (Å²) in [5.74, 6) is 2.45. The zero-order valence-electron chi connectivity index (χ0n) is 14.7. The molecule has 0 atom stereocenters. The van der Waals surface area contributed by atoms with E-state index in [1.54, 1.807) is 0 Å². The van der Waals surface area contributed by atoms with Gasteiger partial charge in [0.25, 0.3) is 5.89 Å². The smallest absolute Gasteiger partial charge is 0.297 e. The summed E-state index contributed by atoms with van der Waals surface area (Å²) in [5, 5.41) is 8.64. The molecule has 1 aliphatic rings. The number of benzene rings is 1. The van der Waals surface area contributed by atoms with Crippen LogP contribution in [0.5, 0.6) is 0 Å². The van der Waals surface area contributed by atoms with Gasteiger partial charge in [-0.2, -0.15) is 4.98 Å². The van der Waals surface area contributed by atoms with Gasteiger partial charge < -0.3 is 10.3 Å². The highest BCUT2D eigenvalue weighted by Gasteiger charge is 2.39. The van der Waals surface area contributed by atoms with Gasteiger partial charge in [-0.05, 0) is 43.7 Å². The van der Waals surface area contributed by atoms with E-state index in [-0.39, 0.29) is 0 Å². The molecule has 2 heterocycles. The van der Waals surface area contributed by atoms with Crippen LogP contribution in [0.1, 0.15) is 56.2 Å². The van der Waals surface area contributed by atoms with Crippen LogP contribution in [0.4, 0.5) is 0 Å². The lowest BCUT2D eigenvalue weighted by Gasteiger charge is -2.34. The van der Waals surface area contributed by atoms with Crippen molar-refractivity contribution in [1.82, 2.24) is 24.9 Å². The highest BCUT2D eigenvalue weighted by Crippen LogP contribution is 2.37. The summed E-state index contributed by atoms with van der Waals surface area (Å²) in [7, 11) is 0. The van der Waals surface area contributed by atoms with Crippen LogP contribution in [-0.2, 0) is 5.54 Å². The molecule has 1 aliphatic carbocycles. The normalized spacial score (nSPS) is 16.2. The first-order valence-electron chi connectivity index (χ1n) is 8.64. The van der Waals surface area contributed by atoms with Crippen molar-refractivity contribution < 1.29 is 4.52 Å². The van der Waals surface area contributed by atoms with E-state index >= 15 is 0 Å². The molecule has 2 aromatic heterocycles. The minimum Gasteiger partial charge on any atom is -0.330 e. The third-order valence-corrected chi connectivity index (χ3v) is 4.86. The number of nitrogens with two attached hydrogens (primary N) is 1. The number of nitrogens with zero attached hydrogens (tertiary/aromatic N) is 5. The molecule has 1 aromatic carbocycles. The van der Waals surface area contributed by atoms with E-state index in [0.717, 1.165) is 30.8 Å². The van der Waals surface area contributed by atoms with E-state index in [2.05, 4.69) is 40.1 Å². The third-order valence-electron chi connectivity index (χ3n) is 4.86. The van der Waals surface area contributed by atoms with E-state index in [1.165, 1.54) is 5.56 Å². The van der Waals surface area contributed by atoms with Gasteiger partial charge in [0.2, 0.25) is 5.82 Å². The molecule has 130 valence electrons. The molecule has 3 aromatic rings. The van der Waals surface area contributed by atoms with Crippen LogP contribution in [0.25, 0.3) is 17.4 Å². The van der Waals surface area contributed by atoms with Crippen molar-refractivity contribution >= 4 is 0 Å². The van der Waals surface area contributed by atoms with Gasteiger partial charge in [-0.1, -0.05) is 37.2 Å². The average Bonchev–Trinajstić information content (AvgIpc) is 3.19. The molecule has 1 fully saturated rings. The Balaban J connectivity index is 1.72. The van der Waals surface area contributed by atoms with E-state index in [4.69, 9.17) is 10.3 Å². The van der Waals surface area contributed by atoms with Crippen LogP contribution >= 0.6 is 0 Å². The Morgan fingerprint density at radius 1 is 1.20 bits per heavy atom. The fourth-order valence-electron chi connectivity index (χ4n) is 3.18. The molecular weight excluding hydrogens is 316 g/mol. The lowest BCUT2D eigenvalue weighted by Crippen LogP contribution is -2.44. The summed E-state index contributed by atoms with van der Waals surface area (Å²) in [6.07, 6.45) is 2.86. The van der Waals surface area contributed by atoms with Gasteiger partial charge in [-0.25, -0.2) is 9.67 Å². The molecule has 0 radical (unpaired) electrons. The van der Waals surface area contributed by atoms with E-state index < -0.39 is 5.54 Å². The minimum absolute atomic E-state index is 0.315. The van der Waals surface area contributed by atoms with Gasteiger partial charge in [0.15, 0.2) is 5.82 Å². The molecule has 1 saturated carbocycles. The van der Waals surface area contributed by atoms with Crippen LogP contribution in [-0.4, -0.2) is 24.9 Å².